The lowest BCUT2D eigenvalue weighted by molar-refractivity contribution is -0.142. The van der Waals surface area contributed by atoms with Crippen LogP contribution in [0, 0.1) is 11.8 Å². The maximum Gasteiger partial charge on any atom is 0.326 e. The first kappa shape index (κ1) is 24.9. The molecular weight excluding hydrogens is 328 g/mol. The highest BCUT2D eigenvalue weighted by molar-refractivity contribution is 5.83. The number of carbonyl (C=O) groups is 2. The summed E-state index contributed by atoms with van der Waals surface area (Å²) in [7, 11) is 0. The normalized spacial score (nSPS) is 14.6. The van der Waals surface area contributed by atoms with E-state index in [1.807, 2.05) is 0 Å². The minimum absolute atomic E-state index is 0.159. The third kappa shape index (κ3) is 14.1. The highest BCUT2D eigenvalue weighted by Crippen LogP contribution is 2.20. The zero-order valence-electron chi connectivity index (χ0n) is 17.3. The van der Waals surface area contributed by atoms with Crippen LogP contribution in [0.3, 0.4) is 0 Å². The lowest BCUT2D eigenvalue weighted by Crippen LogP contribution is -2.40. The minimum atomic E-state index is -0.977. The van der Waals surface area contributed by atoms with Crippen molar-refractivity contribution in [2.75, 3.05) is 6.54 Å². The number of carboxylic acid groups (broad SMARTS) is 1. The molecule has 26 heavy (non-hydrogen) atoms. The molecule has 0 saturated carbocycles. The summed E-state index contributed by atoms with van der Waals surface area (Å²) in [6, 6.07) is -0.802. The van der Waals surface area contributed by atoms with Gasteiger partial charge in [-0.15, -0.1) is 0 Å². The van der Waals surface area contributed by atoms with Gasteiger partial charge in [0.15, 0.2) is 0 Å². The molecule has 0 rings (SSSR count). The van der Waals surface area contributed by atoms with Gasteiger partial charge in [0, 0.05) is 6.42 Å². The van der Waals surface area contributed by atoms with Gasteiger partial charge in [-0.2, -0.15) is 0 Å². The lowest BCUT2D eigenvalue weighted by Gasteiger charge is -2.15. The zero-order chi connectivity index (χ0) is 19.8. The van der Waals surface area contributed by atoms with Crippen molar-refractivity contribution in [1.29, 1.82) is 0 Å². The summed E-state index contributed by atoms with van der Waals surface area (Å²) < 4.78 is 0. The van der Waals surface area contributed by atoms with Crippen molar-refractivity contribution >= 4 is 11.9 Å². The molecule has 0 aromatic heterocycles. The molecule has 0 fully saturated rings. The summed E-state index contributed by atoms with van der Waals surface area (Å²) in [5.41, 5.74) is 5.39. The van der Waals surface area contributed by atoms with E-state index >= 15 is 0 Å². The number of amides is 1. The van der Waals surface area contributed by atoms with Crippen molar-refractivity contribution < 1.29 is 14.7 Å². The van der Waals surface area contributed by atoms with Crippen LogP contribution in [0.5, 0.6) is 0 Å². The number of carboxylic acids is 1. The molecule has 0 aliphatic carbocycles. The Kier molecular flexibility index (Phi) is 15.4. The third-order valence-electron chi connectivity index (χ3n) is 5.18. The van der Waals surface area contributed by atoms with E-state index in [9.17, 15) is 9.59 Å². The fourth-order valence-electron chi connectivity index (χ4n) is 3.30. The summed E-state index contributed by atoms with van der Waals surface area (Å²) in [5, 5.41) is 11.7. The SMILES string of the molecule is CCC(C)CC(C)CCCCCCCCC(=O)N[C@@H](CCCN)C(=O)O. The topological polar surface area (TPSA) is 92.4 Å². The molecule has 5 heteroatoms. The molecule has 0 aromatic carbocycles. The summed E-state index contributed by atoms with van der Waals surface area (Å²) in [5.74, 6) is 0.532. The maximum atomic E-state index is 11.8. The first-order chi connectivity index (χ1) is 12.4. The Morgan fingerprint density at radius 2 is 1.54 bits per heavy atom. The van der Waals surface area contributed by atoms with Crippen LogP contribution in [0.4, 0.5) is 0 Å². The second-order valence-corrected chi connectivity index (χ2v) is 7.90. The van der Waals surface area contributed by atoms with Crippen LogP contribution < -0.4 is 11.1 Å². The number of rotatable bonds is 17. The molecule has 4 N–H and O–H groups in total. The van der Waals surface area contributed by atoms with Gasteiger partial charge in [-0.05, 0) is 44.1 Å². The lowest BCUT2D eigenvalue weighted by atomic mass is 9.91. The Morgan fingerprint density at radius 3 is 2.12 bits per heavy atom. The molecule has 0 aliphatic rings. The van der Waals surface area contributed by atoms with E-state index in [2.05, 4.69) is 26.1 Å². The van der Waals surface area contributed by atoms with Crippen LogP contribution >= 0.6 is 0 Å². The smallest absolute Gasteiger partial charge is 0.326 e. The van der Waals surface area contributed by atoms with Crippen molar-refractivity contribution in [1.82, 2.24) is 5.32 Å². The van der Waals surface area contributed by atoms with Gasteiger partial charge < -0.3 is 16.2 Å². The quantitative estimate of drug-likeness (QED) is 0.329. The molecule has 0 spiro atoms. The molecule has 0 bridgehead atoms. The minimum Gasteiger partial charge on any atom is -0.480 e. The van der Waals surface area contributed by atoms with Crippen molar-refractivity contribution in [2.24, 2.45) is 17.6 Å². The zero-order valence-corrected chi connectivity index (χ0v) is 17.3. The Balaban J connectivity index is 3.62. The van der Waals surface area contributed by atoms with E-state index in [1.165, 1.54) is 38.5 Å². The molecule has 0 heterocycles. The molecule has 0 saturated heterocycles. The second-order valence-electron chi connectivity index (χ2n) is 7.90. The Morgan fingerprint density at radius 1 is 0.923 bits per heavy atom. The van der Waals surface area contributed by atoms with Crippen LogP contribution in [0.1, 0.15) is 97.8 Å². The Labute approximate surface area is 160 Å². The summed E-state index contributed by atoms with van der Waals surface area (Å²) >= 11 is 0. The summed E-state index contributed by atoms with van der Waals surface area (Å²) in [6.07, 6.45) is 12.2. The van der Waals surface area contributed by atoms with Gasteiger partial charge in [0.25, 0.3) is 0 Å². The molecule has 0 radical (unpaired) electrons. The fourth-order valence-corrected chi connectivity index (χ4v) is 3.30. The first-order valence-electron chi connectivity index (χ1n) is 10.6. The molecule has 2 unspecified atom stereocenters. The van der Waals surface area contributed by atoms with E-state index in [4.69, 9.17) is 10.8 Å². The van der Waals surface area contributed by atoms with Crippen molar-refractivity contribution in [2.45, 2.75) is 104 Å². The van der Waals surface area contributed by atoms with Gasteiger partial charge in [-0.25, -0.2) is 4.79 Å². The summed E-state index contributed by atoms with van der Waals surface area (Å²) in [4.78, 5) is 22.9. The highest BCUT2D eigenvalue weighted by atomic mass is 16.4. The van der Waals surface area contributed by atoms with Gasteiger partial charge >= 0.3 is 5.97 Å². The number of carbonyl (C=O) groups excluding carboxylic acids is 1. The van der Waals surface area contributed by atoms with Crippen molar-refractivity contribution in [3.8, 4) is 0 Å². The van der Waals surface area contributed by atoms with E-state index in [1.54, 1.807) is 0 Å². The second kappa shape index (κ2) is 16.1. The van der Waals surface area contributed by atoms with Crippen molar-refractivity contribution in [3.63, 3.8) is 0 Å². The van der Waals surface area contributed by atoms with Gasteiger partial charge in [0.05, 0.1) is 0 Å². The van der Waals surface area contributed by atoms with Crippen molar-refractivity contribution in [3.05, 3.63) is 0 Å². The van der Waals surface area contributed by atoms with Gasteiger partial charge in [-0.1, -0.05) is 65.7 Å². The first-order valence-corrected chi connectivity index (χ1v) is 10.6. The number of nitrogens with one attached hydrogen (secondary N) is 1. The average molecular weight is 371 g/mol. The number of unbranched alkanes of at least 4 members (excludes halogenated alkanes) is 5. The number of hydrogen-bond acceptors (Lipinski definition) is 3. The molecule has 154 valence electrons. The standard InChI is InChI=1S/C21H42N2O3/c1-4-17(2)16-18(3)12-9-7-5-6-8-10-14-20(24)23-19(21(25)26)13-11-15-22/h17-19H,4-16,22H2,1-3H3,(H,23,24)(H,25,26)/t17?,18?,19-/m0/s1. The Bertz CT molecular complexity index is 374. The Hall–Kier alpha value is -1.10. The van der Waals surface area contributed by atoms with Crippen LogP contribution in [0.25, 0.3) is 0 Å². The van der Waals surface area contributed by atoms with Gasteiger partial charge in [-0.3, -0.25) is 4.79 Å². The number of hydrogen-bond donors (Lipinski definition) is 3. The van der Waals surface area contributed by atoms with E-state index in [0.717, 1.165) is 31.1 Å². The van der Waals surface area contributed by atoms with Gasteiger partial charge in [0.2, 0.25) is 5.91 Å². The van der Waals surface area contributed by atoms with E-state index in [-0.39, 0.29) is 5.91 Å². The average Bonchev–Trinajstić information content (AvgIpc) is 2.60. The van der Waals surface area contributed by atoms with Crippen LogP contribution in [0.15, 0.2) is 0 Å². The molecule has 1 amide bonds. The largest absolute Gasteiger partial charge is 0.480 e. The molecule has 0 aliphatic heterocycles. The number of aliphatic carboxylic acids is 1. The maximum absolute atomic E-state index is 11.8. The molecule has 3 atom stereocenters. The highest BCUT2D eigenvalue weighted by Gasteiger charge is 2.18. The van der Waals surface area contributed by atoms with E-state index in [0.29, 0.717) is 25.8 Å². The van der Waals surface area contributed by atoms with E-state index < -0.39 is 12.0 Å². The number of nitrogens with two attached hydrogens (primary N) is 1. The summed E-state index contributed by atoms with van der Waals surface area (Å²) in [6.45, 7) is 7.40. The third-order valence-corrected chi connectivity index (χ3v) is 5.18. The van der Waals surface area contributed by atoms with Crippen LogP contribution in [-0.4, -0.2) is 29.6 Å². The van der Waals surface area contributed by atoms with Crippen LogP contribution in [-0.2, 0) is 9.59 Å². The predicted octanol–water partition coefficient (Wildman–Crippen LogP) is 4.49. The molecule has 0 aromatic rings. The van der Waals surface area contributed by atoms with Crippen LogP contribution in [0.2, 0.25) is 0 Å². The monoisotopic (exact) mass is 370 g/mol. The molecular formula is C21H42N2O3. The molecule has 5 nitrogen and oxygen atoms in total. The predicted molar refractivity (Wildman–Crippen MR) is 108 cm³/mol. The fraction of sp³-hybridized carbons (Fsp3) is 0.905. The van der Waals surface area contributed by atoms with Gasteiger partial charge in [0.1, 0.15) is 6.04 Å².